The molecule has 0 spiro atoms. The number of hydrogen-bond donors (Lipinski definition) is 1. The van der Waals surface area contributed by atoms with Crippen LogP contribution >= 0.6 is 0 Å². The highest BCUT2D eigenvalue weighted by Gasteiger charge is 2.20. The van der Waals surface area contributed by atoms with E-state index in [2.05, 4.69) is 26.8 Å². The maximum atomic E-state index is 9.53. The van der Waals surface area contributed by atoms with Crippen LogP contribution in [0.1, 0.15) is 33.6 Å². The van der Waals surface area contributed by atoms with Gasteiger partial charge in [0.05, 0.1) is 5.76 Å². The topological polar surface area (TPSA) is 20.2 Å². The third-order valence-electron chi connectivity index (χ3n) is 1.95. The zero-order valence-electron chi connectivity index (χ0n) is 7.52. The number of rotatable bonds is 0. The summed E-state index contributed by atoms with van der Waals surface area (Å²) in [6, 6.07) is 0. The third kappa shape index (κ3) is 1.86. The van der Waals surface area contributed by atoms with E-state index in [4.69, 9.17) is 0 Å². The van der Waals surface area contributed by atoms with Crippen LogP contribution in [0.4, 0.5) is 0 Å². The normalized spacial score (nSPS) is 19.2. The van der Waals surface area contributed by atoms with Gasteiger partial charge in [-0.05, 0) is 17.4 Å². The zero-order chi connectivity index (χ0) is 8.48. The van der Waals surface area contributed by atoms with Gasteiger partial charge in [0.2, 0.25) is 0 Å². The zero-order valence-corrected chi connectivity index (χ0v) is 7.52. The highest BCUT2D eigenvalue weighted by Crippen LogP contribution is 2.32. The van der Waals surface area contributed by atoms with E-state index in [1.807, 2.05) is 6.08 Å². The summed E-state index contributed by atoms with van der Waals surface area (Å²) in [5.74, 6) is 0.569. The van der Waals surface area contributed by atoms with Crippen LogP contribution < -0.4 is 0 Å². The summed E-state index contributed by atoms with van der Waals surface area (Å²) in [4.78, 5) is 0. The predicted molar refractivity (Wildman–Crippen MR) is 47.5 cm³/mol. The molecule has 0 aromatic carbocycles. The molecule has 1 aliphatic rings. The first-order chi connectivity index (χ1) is 5.02. The summed E-state index contributed by atoms with van der Waals surface area (Å²) in [7, 11) is 0. The smallest absolute Gasteiger partial charge is 0.0962 e. The molecular weight excluding hydrogens is 136 g/mol. The molecule has 1 rings (SSSR count). The van der Waals surface area contributed by atoms with Gasteiger partial charge in [-0.2, -0.15) is 0 Å². The van der Waals surface area contributed by atoms with Gasteiger partial charge in [0, 0.05) is 6.42 Å². The minimum absolute atomic E-state index is 0.0843. The lowest BCUT2D eigenvalue weighted by molar-refractivity contribution is 0.356. The maximum absolute atomic E-state index is 9.53. The van der Waals surface area contributed by atoms with Crippen LogP contribution in [0.5, 0.6) is 0 Å². The van der Waals surface area contributed by atoms with Crippen LogP contribution in [0.25, 0.3) is 0 Å². The SMILES string of the molecule is CC(C)(C)C1=C(O)CCC=C1. The molecule has 1 heteroatoms. The second-order valence-corrected chi connectivity index (χ2v) is 4.05. The second-order valence-electron chi connectivity index (χ2n) is 4.05. The Balaban J connectivity index is 2.93. The molecule has 1 aliphatic carbocycles. The van der Waals surface area contributed by atoms with E-state index < -0.39 is 0 Å². The summed E-state index contributed by atoms with van der Waals surface area (Å²) >= 11 is 0. The second kappa shape index (κ2) is 2.72. The van der Waals surface area contributed by atoms with Crippen molar-refractivity contribution in [2.75, 3.05) is 0 Å². The van der Waals surface area contributed by atoms with E-state index in [-0.39, 0.29) is 5.41 Å². The number of aliphatic hydroxyl groups is 1. The van der Waals surface area contributed by atoms with E-state index in [1.54, 1.807) is 0 Å². The molecule has 0 aromatic rings. The van der Waals surface area contributed by atoms with Crippen molar-refractivity contribution in [2.45, 2.75) is 33.6 Å². The molecule has 0 saturated carbocycles. The summed E-state index contributed by atoms with van der Waals surface area (Å²) in [6.07, 6.45) is 5.95. The van der Waals surface area contributed by atoms with Crippen molar-refractivity contribution in [3.8, 4) is 0 Å². The van der Waals surface area contributed by atoms with Gasteiger partial charge in [0.15, 0.2) is 0 Å². The lowest BCUT2D eigenvalue weighted by Gasteiger charge is -2.23. The molecule has 0 fully saturated rings. The van der Waals surface area contributed by atoms with E-state index in [0.29, 0.717) is 5.76 Å². The van der Waals surface area contributed by atoms with Gasteiger partial charge >= 0.3 is 0 Å². The van der Waals surface area contributed by atoms with Crippen molar-refractivity contribution in [3.63, 3.8) is 0 Å². The molecule has 0 bridgehead atoms. The summed E-state index contributed by atoms with van der Waals surface area (Å²) in [5.41, 5.74) is 1.17. The molecule has 1 nitrogen and oxygen atoms in total. The first kappa shape index (κ1) is 8.38. The number of aliphatic hydroxyl groups excluding tert-OH is 1. The van der Waals surface area contributed by atoms with Crippen molar-refractivity contribution in [1.82, 2.24) is 0 Å². The lowest BCUT2D eigenvalue weighted by Crippen LogP contribution is -2.12. The van der Waals surface area contributed by atoms with Crippen LogP contribution in [-0.4, -0.2) is 5.11 Å². The highest BCUT2D eigenvalue weighted by atomic mass is 16.3. The van der Waals surface area contributed by atoms with Gasteiger partial charge in [-0.15, -0.1) is 0 Å². The average Bonchev–Trinajstić information content (AvgIpc) is 1.86. The van der Waals surface area contributed by atoms with Crippen molar-refractivity contribution in [1.29, 1.82) is 0 Å². The highest BCUT2D eigenvalue weighted by molar-refractivity contribution is 5.30. The lowest BCUT2D eigenvalue weighted by atomic mass is 9.83. The van der Waals surface area contributed by atoms with Crippen LogP contribution in [0.2, 0.25) is 0 Å². The van der Waals surface area contributed by atoms with Crippen LogP contribution in [0.15, 0.2) is 23.5 Å². The van der Waals surface area contributed by atoms with Crippen molar-refractivity contribution in [2.24, 2.45) is 5.41 Å². The van der Waals surface area contributed by atoms with E-state index >= 15 is 0 Å². The Bertz CT molecular complexity index is 203. The molecule has 1 N–H and O–H groups in total. The van der Waals surface area contributed by atoms with E-state index in [9.17, 15) is 5.11 Å². The molecule has 0 radical (unpaired) electrons. The Kier molecular flexibility index (Phi) is 2.08. The van der Waals surface area contributed by atoms with Crippen LogP contribution in [-0.2, 0) is 0 Å². The molecule has 0 unspecified atom stereocenters. The fraction of sp³-hybridized carbons (Fsp3) is 0.600. The van der Waals surface area contributed by atoms with Crippen LogP contribution in [0.3, 0.4) is 0 Å². The Hall–Kier alpha value is -0.720. The minimum Gasteiger partial charge on any atom is -0.512 e. The molecule has 0 aliphatic heterocycles. The molecular formula is C10H16O. The van der Waals surface area contributed by atoms with Crippen molar-refractivity contribution >= 4 is 0 Å². The van der Waals surface area contributed by atoms with Gasteiger partial charge in [0.1, 0.15) is 0 Å². The number of allylic oxidation sites excluding steroid dienone is 4. The largest absolute Gasteiger partial charge is 0.512 e. The fourth-order valence-corrected chi connectivity index (χ4v) is 1.33. The molecule has 62 valence electrons. The average molecular weight is 152 g/mol. The van der Waals surface area contributed by atoms with Gasteiger partial charge in [-0.1, -0.05) is 32.9 Å². The van der Waals surface area contributed by atoms with Gasteiger partial charge in [0.25, 0.3) is 0 Å². The van der Waals surface area contributed by atoms with E-state index in [1.165, 1.54) is 0 Å². The molecule has 0 aromatic heterocycles. The fourth-order valence-electron chi connectivity index (χ4n) is 1.33. The van der Waals surface area contributed by atoms with E-state index in [0.717, 1.165) is 18.4 Å². The summed E-state index contributed by atoms with van der Waals surface area (Å²) < 4.78 is 0. The Morgan fingerprint density at radius 1 is 1.36 bits per heavy atom. The summed E-state index contributed by atoms with van der Waals surface area (Å²) in [5, 5.41) is 9.53. The Morgan fingerprint density at radius 2 is 2.00 bits per heavy atom. The molecule has 0 heterocycles. The molecule has 0 saturated heterocycles. The Labute approximate surface area is 68.4 Å². The first-order valence-corrected chi connectivity index (χ1v) is 4.11. The third-order valence-corrected chi connectivity index (χ3v) is 1.95. The van der Waals surface area contributed by atoms with Gasteiger partial charge in [-0.3, -0.25) is 0 Å². The number of hydrogen-bond acceptors (Lipinski definition) is 1. The molecule has 0 atom stereocenters. The summed E-state index contributed by atoms with van der Waals surface area (Å²) in [6.45, 7) is 6.36. The molecule has 0 amide bonds. The van der Waals surface area contributed by atoms with Crippen LogP contribution in [0, 0.1) is 5.41 Å². The first-order valence-electron chi connectivity index (χ1n) is 4.11. The maximum Gasteiger partial charge on any atom is 0.0962 e. The van der Waals surface area contributed by atoms with Gasteiger partial charge in [-0.25, -0.2) is 0 Å². The van der Waals surface area contributed by atoms with Crippen molar-refractivity contribution < 1.29 is 5.11 Å². The predicted octanol–water partition coefficient (Wildman–Crippen LogP) is 3.19. The Morgan fingerprint density at radius 3 is 2.36 bits per heavy atom. The molecule has 11 heavy (non-hydrogen) atoms. The monoisotopic (exact) mass is 152 g/mol. The van der Waals surface area contributed by atoms with Crippen molar-refractivity contribution in [3.05, 3.63) is 23.5 Å². The minimum atomic E-state index is 0.0843. The standard InChI is InChI=1S/C10H16O/c1-10(2,3)8-6-4-5-7-9(8)11/h4,6,11H,5,7H2,1-3H3. The quantitative estimate of drug-likeness (QED) is 0.565. The van der Waals surface area contributed by atoms with Gasteiger partial charge < -0.3 is 5.11 Å².